The molecule has 0 saturated heterocycles. The second-order valence-electron chi connectivity index (χ2n) is 5.78. The highest BCUT2D eigenvalue weighted by atomic mass is 79.9. The minimum atomic E-state index is 0.328. The van der Waals surface area contributed by atoms with Gasteiger partial charge in [0.1, 0.15) is 5.75 Å². The first kappa shape index (κ1) is 15.8. The van der Waals surface area contributed by atoms with Gasteiger partial charge in [-0.05, 0) is 44.4 Å². The number of benzene rings is 1. The van der Waals surface area contributed by atoms with E-state index in [1.165, 1.54) is 37.7 Å². The number of nitrogens with one attached hydrogen (secondary N) is 1. The third-order valence-corrected chi connectivity index (χ3v) is 4.64. The Balaban J connectivity index is 2.02. The molecule has 1 unspecified atom stereocenters. The van der Waals surface area contributed by atoms with Gasteiger partial charge in [0.2, 0.25) is 0 Å². The van der Waals surface area contributed by atoms with Crippen molar-refractivity contribution in [3.63, 3.8) is 0 Å². The Morgan fingerprint density at radius 3 is 2.75 bits per heavy atom. The zero-order valence-electron chi connectivity index (χ0n) is 12.6. The lowest BCUT2D eigenvalue weighted by Crippen LogP contribution is -2.20. The Labute approximate surface area is 131 Å². The molecule has 1 aliphatic carbocycles. The van der Waals surface area contributed by atoms with Crippen LogP contribution in [0.4, 0.5) is 0 Å². The van der Waals surface area contributed by atoms with E-state index in [0.717, 1.165) is 29.3 Å². The van der Waals surface area contributed by atoms with Crippen molar-refractivity contribution >= 4 is 15.9 Å². The molecule has 0 aliphatic heterocycles. The summed E-state index contributed by atoms with van der Waals surface area (Å²) in [5.74, 6) is 1.77. The van der Waals surface area contributed by atoms with Gasteiger partial charge in [-0.1, -0.05) is 48.2 Å². The summed E-state index contributed by atoms with van der Waals surface area (Å²) >= 11 is 3.55. The molecule has 1 aromatic carbocycles. The van der Waals surface area contributed by atoms with Crippen molar-refractivity contribution in [2.75, 3.05) is 13.2 Å². The maximum Gasteiger partial charge on any atom is 0.125 e. The van der Waals surface area contributed by atoms with Gasteiger partial charge in [-0.15, -0.1) is 0 Å². The van der Waals surface area contributed by atoms with Crippen LogP contribution in [0.15, 0.2) is 22.7 Å². The zero-order chi connectivity index (χ0) is 14.4. The maximum absolute atomic E-state index is 6.15. The van der Waals surface area contributed by atoms with Crippen LogP contribution in [-0.4, -0.2) is 13.2 Å². The lowest BCUT2D eigenvalue weighted by atomic mass is 9.90. The first-order valence-corrected chi connectivity index (χ1v) is 8.65. The minimum Gasteiger partial charge on any atom is -0.493 e. The van der Waals surface area contributed by atoms with Crippen molar-refractivity contribution in [3.05, 3.63) is 28.2 Å². The van der Waals surface area contributed by atoms with Crippen LogP contribution >= 0.6 is 15.9 Å². The van der Waals surface area contributed by atoms with Crippen LogP contribution in [-0.2, 0) is 0 Å². The van der Waals surface area contributed by atoms with Crippen molar-refractivity contribution in [1.29, 1.82) is 0 Å². The molecule has 2 rings (SSSR count). The average Bonchev–Trinajstić information content (AvgIpc) is 2.46. The summed E-state index contributed by atoms with van der Waals surface area (Å²) in [5, 5.41) is 3.46. The molecule has 112 valence electrons. The van der Waals surface area contributed by atoms with Crippen LogP contribution in [0.25, 0.3) is 0 Å². The monoisotopic (exact) mass is 339 g/mol. The Morgan fingerprint density at radius 2 is 2.05 bits per heavy atom. The smallest absolute Gasteiger partial charge is 0.125 e. The number of halogens is 1. The fraction of sp³-hybridized carbons (Fsp3) is 0.647. The second kappa shape index (κ2) is 8.04. The van der Waals surface area contributed by atoms with Crippen LogP contribution in [0.2, 0.25) is 0 Å². The van der Waals surface area contributed by atoms with Crippen LogP contribution in [0.1, 0.15) is 57.6 Å². The lowest BCUT2D eigenvalue weighted by molar-refractivity contribution is 0.206. The van der Waals surface area contributed by atoms with Crippen LogP contribution in [0.5, 0.6) is 5.75 Å². The molecule has 1 aliphatic rings. The van der Waals surface area contributed by atoms with E-state index in [4.69, 9.17) is 4.74 Å². The summed E-state index contributed by atoms with van der Waals surface area (Å²) < 4.78 is 7.24. The lowest BCUT2D eigenvalue weighted by Gasteiger charge is -2.24. The number of hydrogen-bond donors (Lipinski definition) is 1. The fourth-order valence-electron chi connectivity index (χ4n) is 2.97. The predicted molar refractivity (Wildman–Crippen MR) is 88.3 cm³/mol. The summed E-state index contributed by atoms with van der Waals surface area (Å²) in [6.45, 7) is 6.17. The highest BCUT2D eigenvalue weighted by molar-refractivity contribution is 9.10. The molecule has 0 aromatic heterocycles. The van der Waals surface area contributed by atoms with Gasteiger partial charge in [0.25, 0.3) is 0 Å². The third kappa shape index (κ3) is 4.49. The van der Waals surface area contributed by atoms with Gasteiger partial charge in [-0.25, -0.2) is 0 Å². The van der Waals surface area contributed by atoms with Crippen molar-refractivity contribution < 1.29 is 4.74 Å². The summed E-state index contributed by atoms with van der Waals surface area (Å²) in [6.07, 6.45) is 6.79. The van der Waals surface area contributed by atoms with E-state index in [9.17, 15) is 0 Å². The van der Waals surface area contributed by atoms with Gasteiger partial charge in [-0.2, -0.15) is 0 Å². The van der Waals surface area contributed by atoms with Crippen molar-refractivity contribution in [2.24, 2.45) is 5.92 Å². The van der Waals surface area contributed by atoms with E-state index in [-0.39, 0.29) is 0 Å². The van der Waals surface area contributed by atoms with E-state index in [1.807, 2.05) is 0 Å². The molecular formula is C17H26BrNO. The molecule has 3 heteroatoms. The molecule has 1 N–H and O–H groups in total. The van der Waals surface area contributed by atoms with E-state index in [1.54, 1.807) is 0 Å². The molecule has 0 radical (unpaired) electrons. The van der Waals surface area contributed by atoms with Crippen LogP contribution in [0, 0.1) is 5.92 Å². The van der Waals surface area contributed by atoms with E-state index >= 15 is 0 Å². The van der Waals surface area contributed by atoms with Crippen LogP contribution < -0.4 is 10.1 Å². The molecule has 0 spiro atoms. The molecule has 1 atom stereocenters. The Bertz CT molecular complexity index is 415. The maximum atomic E-state index is 6.15. The molecule has 0 heterocycles. The molecule has 0 amide bonds. The van der Waals surface area contributed by atoms with Gasteiger partial charge < -0.3 is 10.1 Å². The Morgan fingerprint density at radius 1 is 1.30 bits per heavy atom. The highest BCUT2D eigenvalue weighted by Crippen LogP contribution is 2.30. The summed E-state index contributed by atoms with van der Waals surface area (Å²) in [6, 6.07) is 6.69. The topological polar surface area (TPSA) is 21.3 Å². The van der Waals surface area contributed by atoms with E-state index in [0.29, 0.717) is 6.04 Å². The molecule has 1 aromatic rings. The van der Waals surface area contributed by atoms with Gasteiger partial charge in [0, 0.05) is 16.1 Å². The minimum absolute atomic E-state index is 0.328. The van der Waals surface area contributed by atoms with Crippen LogP contribution in [0.3, 0.4) is 0 Å². The van der Waals surface area contributed by atoms with Crippen molar-refractivity contribution in [2.45, 2.75) is 52.0 Å². The van der Waals surface area contributed by atoms with Gasteiger partial charge in [0.15, 0.2) is 0 Å². The first-order valence-electron chi connectivity index (χ1n) is 7.86. The molecule has 20 heavy (non-hydrogen) atoms. The second-order valence-corrected chi connectivity index (χ2v) is 6.69. The average molecular weight is 340 g/mol. The highest BCUT2D eigenvalue weighted by Gasteiger charge is 2.16. The van der Waals surface area contributed by atoms with Gasteiger partial charge in [-0.3, -0.25) is 0 Å². The Kier molecular flexibility index (Phi) is 6.37. The molecule has 2 nitrogen and oxygen atoms in total. The molecule has 1 fully saturated rings. The zero-order valence-corrected chi connectivity index (χ0v) is 14.2. The quantitative estimate of drug-likeness (QED) is 0.780. The SMILES string of the molecule is CCNC(C)c1ccc(Br)cc1OCC1CCCCC1. The van der Waals surface area contributed by atoms with Crippen molar-refractivity contribution in [3.8, 4) is 5.75 Å². The van der Waals surface area contributed by atoms with E-state index in [2.05, 4.69) is 53.3 Å². The number of hydrogen-bond acceptors (Lipinski definition) is 2. The summed E-state index contributed by atoms with van der Waals surface area (Å²) in [7, 11) is 0. The van der Waals surface area contributed by atoms with Crippen molar-refractivity contribution in [1.82, 2.24) is 5.32 Å². The van der Waals surface area contributed by atoms with E-state index < -0.39 is 0 Å². The third-order valence-electron chi connectivity index (χ3n) is 4.15. The summed E-state index contributed by atoms with van der Waals surface area (Å²) in [5.41, 5.74) is 1.26. The molecule has 0 bridgehead atoms. The summed E-state index contributed by atoms with van der Waals surface area (Å²) in [4.78, 5) is 0. The number of ether oxygens (including phenoxy) is 1. The largest absolute Gasteiger partial charge is 0.493 e. The van der Waals surface area contributed by atoms with Gasteiger partial charge >= 0.3 is 0 Å². The fourth-order valence-corrected chi connectivity index (χ4v) is 3.31. The number of rotatable bonds is 6. The Hall–Kier alpha value is -0.540. The standard InChI is InChI=1S/C17H26BrNO/c1-3-19-13(2)16-10-9-15(18)11-17(16)20-12-14-7-5-4-6-8-14/h9-11,13-14,19H,3-8,12H2,1-2H3. The van der Waals surface area contributed by atoms with Gasteiger partial charge in [0.05, 0.1) is 6.61 Å². The first-order chi connectivity index (χ1) is 9.70. The predicted octanol–water partition coefficient (Wildman–Crippen LogP) is 5.08. The molecular weight excluding hydrogens is 314 g/mol. The molecule has 1 saturated carbocycles. The normalized spacial score (nSPS) is 17.9.